The second-order valence-electron chi connectivity index (χ2n) is 7.23. The molecular weight excluding hydrogens is 407 g/mol. The number of methoxy groups -OCH3 is 1. The maximum Gasteiger partial charge on any atom is 0.350 e. The van der Waals surface area contributed by atoms with E-state index < -0.39 is 29.4 Å². The van der Waals surface area contributed by atoms with Gasteiger partial charge in [-0.2, -0.15) is 0 Å². The number of esters is 1. The Morgan fingerprint density at radius 1 is 1.23 bits per heavy atom. The Bertz CT molecular complexity index is 930. The molecule has 3 rings (SSSR count). The van der Waals surface area contributed by atoms with E-state index >= 15 is 0 Å². The van der Waals surface area contributed by atoms with Crippen LogP contribution in [0.1, 0.15) is 43.9 Å². The highest BCUT2D eigenvalue weighted by Crippen LogP contribution is 2.39. The van der Waals surface area contributed by atoms with E-state index in [1.807, 2.05) is 6.92 Å². The minimum atomic E-state index is -1.30. The molecule has 0 saturated carbocycles. The molecule has 0 aromatic heterocycles. The van der Waals surface area contributed by atoms with E-state index in [2.05, 4.69) is 0 Å². The fraction of sp³-hybridized carbons (Fsp3) is 0.391. The summed E-state index contributed by atoms with van der Waals surface area (Å²) in [6.07, 6.45) is -0.0615. The SMILES string of the molecule is CC[C@@H](C(=O)O)[C@H](O)c1ccccc1F.CC[C@@]1(C(=O)OC)Cc2cc(O)ccc2O1. The molecule has 31 heavy (non-hydrogen) atoms. The topological polar surface area (TPSA) is 113 Å². The summed E-state index contributed by atoms with van der Waals surface area (Å²) in [5.74, 6) is -2.21. The molecule has 0 bridgehead atoms. The predicted molar refractivity (Wildman–Crippen MR) is 110 cm³/mol. The van der Waals surface area contributed by atoms with Gasteiger partial charge in [0.05, 0.1) is 19.1 Å². The van der Waals surface area contributed by atoms with E-state index in [-0.39, 0.29) is 23.7 Å². The van der Waals surface area contributed by atoms with Crippen molar-refractivity contribution in [2.75, 3.05) is 7.11 Å². The lowest BCUT2D eigenvalue weighted by Gasteiger charge is -2.23. The Balaban J connectivity index is 0.000000221. The van der Waals surface area contributed by atoms with Gasteiger partial charge in [0.2, 0.25) is 5.60 Å². The highest BCUT2D eigenvalue weighted by Gasteiger charge is 2.46. The van der Waals surface area contributed by atoms with E-state index in [4.69, 9.17) is 14.6 Å². The average molecular weight is 434 g/mol. The number of carboxylic acid groups (broad SMARTS) is 1. The van der Waals surface area contributed by atoms with Crippen LogP contribution in [0.25, 0.3) is 0 Å². The van der Waals surface area contributed by atoms with Crippen molar-refractivity contribution in [3.63, 3.8) is 0 Å². The number of carbonyl (C=O) groups is 2. The summed E-state index contributed by atoms with van der Waals surface area (Å²) in [4.78, 5) is 22.5. The van der Waals surface area contributed by atoms with E-state index in [0.717, 1.165) is 5.56 Å². The number of fused-ring (bicyclic) bond motifs is 1. The number of halogens is 1. The number of rotatable bonds is 6. The minimum Gasteiger partial charge on any atom is -0.508 e. The fourth-order valence-electron chi connectivity index (χ4n) is 3.46. The second-order valence-corrected chi connectivity index (χ2v) is 7.23. The minimum absolute atomic E-state index is 0.0340. The number of aliphatic hydroxyl groups excluding tert-OH is 1. The fourth-order valence-corrected chi connectivity index (χ4v) is 3.46. The summed E-state index contributed by atoms with van der Waals surface area (Å²) in [6, 6.07) is 10.5. The number of carboxylic acids is 1. The predicted octanol–water partition coefficient (Wildman–Crippen LogP) is 3.62. The Kier molecular flexibility index (Phi) is 7.99. The van der Waals surface area contributed by atoms with Gasteiger partial charge >= 0.3 is 11.9 Å². The first-order valence-electron chi connectivity index (χ1n) is 9.93. The zero-order valence-corrected chi connectivity index (χ0v) is 17.7. The maximum absolute atomic E-state index is 13.2. The zero-order chi connectivity index (χ0) is 23.2. The van der Waals surface area contributed by atoms with Gasteiger partial charge in [0.1, 0.15) is 17.3 Å². The number of aliphatic carboxylic acids is 1. The molecule has 7 nitrogen and oxygen atoms in total. The molecule has 0 amide bonds. The summed E-state index contributed by atoms with van der Waals surface area (Å²) in [7, 11) is 1.35. The average Bonchev–Trinajstić information content (AvgIpc) is 3.13. The number of benzene rings is 2. The molecule has 2 aromatic rings. The number of phenolic OH excluding ortho intramolecular Hbond substituents is 1. The van der Waals surface area contributed by atoms with Gasteiger partial charge in [-0.05, 0) is 37.1 Å². The highest BCUT2D eigenvalue weighted by atomic mass is 19.1. The van der Waals surface area contributed by atoms with Crippen molar-refractivity contribution < 1.29 is 38.8 Å². The van der Waals surface area contributed by atoms with Crippen LogP contribution in [0.5, 0.6) is 11.5 Å². The molecule has 8 heteroatoms. The molecule has 2 aromatic carbocycles. The van der Waals surface area contributed by atoms with Gasteiger partial charge in [-0.15, -0.1) is 0 Å². The molecular formula is C23H27FO7. The summed E-state index contributed by atoms with van der Waals surface area (Å²) in [5, 5.41) is 27.9. The van der Waals surface area contributed by atoms with E-state index in [1.165, 1.54) is 25.3 Å². The lowest BCUT2D eigenvalue weighted by Crippen LogP contribution is -2.43. The van der Waals surface area contributed by atoms with Gasteiger partial charge in [0.15, 0.2) is 0 Å². The molecule has 3 atom stereocenters. The van der Waals surface area contributed by atoms with Crippen molar-refractivity contribution in [3.05, 3.63) is 59.4 Å². The van der Waals surface area contributed by atoms with Gasteiger partial charge in [0, 0.05) is 17.5 Å². The lowest BCUT2D eigenvalue weighted by molar-refractivity contribution is -0.157. The van der Waals surface area contributed by atoms with E-state index in [1.54, 1.807) is 31.2 Å². The first kappa shape index (κ1) is 24.1. The molecule has 0 fully saturated rings. The zero-order valence-electron chi connectivity index (χ0n) is 17.7. The first-order chi connectivity index (χ1) is 14.7. The van der Waals surface area contributed by atoms with E-state index in [9.17, 15) is 24.2 Å². The second kappa shape index (κ2) is 10.3. The molecule has 168 valence electrons. The quantitative estimate of drug-likeness (QED) is 0.595. The lowest BCUT2D eigenvalue weighted by atomic mass is 9.93. The summed E-state index contributed by atoms with van der Waals surface area (Å²) < 4.78 is 23.7. The Morgan fingerprint density at radius 3 is 2.45 bits per heavy atom. The van der Waals surface area contributed by atoms with E-state index in [0.29, 0.717) is 18.6 Å². The monoisotopic (exact) mass is 434 g/mol. The van der Waals surface area contributed by atoms with Crippen LogP contribution in [0.3, 0.4) is 0 Å². The number of aromatic hydroxyl groups is 1. The van der Waals surface area contributed by atoms with Gasteiger partial charge < -0.3 is 24.8 Å². The van der Waals surface area contributed by atoms with Crippen molar-refractivity contribution in [3.8, 4) is 11.5 Å². The third-order valence-corrected chi connectivity index (χ3v) is 5.32. The van der Waals surface area contributed by atoms with Crippen molar-refractivity contribution in [2.45, 2.75) is 44.8 Å². The van der Waals surface area contributed by atoms with Gasteiger partial charge in [0.25, 0.3) is 0 Å². The molecule has 0 radical (unpaired) electrons. The number of carbonyl (C=O) groups excluding carboxylic acids is 1. The maximum atomic E-state index is 13.2. The Morgan fingerprint density at radius 2 is 1.90 bits per heavy atom. The van der Waals surface area contributed by atoms with Crippen molar-refractivity contribution in [1.82, 2.24) is 0 Å². The number of aliphatic hydroxyl groups is 1. The van der Waals surface area contributed by atoms with Crippen LogP contribution in [0.4, 0.5) is 4.39 Å². The van der Waals surface area contributed by atoms with Crippen LogP contribution in [0.2, 0.25) is 0 Å². The van der Waals surface area contributed by atoms with Crippen LogP contribution < -0.4 is 4.74 Å². The normalized spacial score (nSPS) is 18.6. The molecule has 1 aliphatic heterocycles. The molecule has 1 heterocycles. The molecule has 0 spiro atoms. The van der Waals surface area contributed by atoms with Gasteiger partial charge in [-0.3, -0.25) is 4.79 Å². The van der Waals surface area contributed by atoms with Crippen molar-refractivity contribution >= 4 is 11.9 Å². The van der Waals surface area contributed by atoms with Crippen LogP contribution in [0.15, 0.2) is 42.5 Å². The third kappa shape index (κ3) is 5.32. The van der Waals surface area contributed by atoms with Crippen LogP contribution >= 0.6 is 0 Å². The van der Waals surface area contributed by atoms with Crippen LogP contribution in [-0.2, 0) is 20.7 Å². The largest absolute Gasteiger partial charge is 0.508 e. The smallest absolute Gasteiger partial charge is 0.350 e. The number of hydrogen-bond acceptors (Lipinski definition) is 6. The number of ether oxygens (including phenoxy) is 2. The third-order valence-electron chi connectivity index (χ3n) is 5.32. The first-order valence-corrected chi connectivity index (χ1v) is 9.93. The molecule has 3 N–H and O–H groups in total. The van der Waals surface area contributed by atoms with Gasteiger partial charge in [-0.25, -0.2) is 9.18 Å². The number of hydrogen-bond donors (Lipinski definition) is 3. The Labute approximate surface area is 180 Å². The molecule has 1 aliphatic rings. The van der Waals surface area contributed by atoms with Crippen LogP contribution in [0, 0.1) is 11.7 Å². The standard InChI is InChI=1S/C12H14O4.C11H13FO3/c1-3-12(11(14)15-2)7-8-6-9(13)4-5-10(8)16-12;1-2-7(11(14)15)10(13)8-5-3-4-6-9(8)12/h4-6,13H,3,7H2,1-2H3;3-7,10,13H,2H2,1H3,(H,14,15)/t12-;7-,10+/m01/s1. The van der Waals surface area contributed by atoms with Crippen molar-refractivity contribution in [2.24, 2.45) is 5.92 Å². The molecule has 0 unspecified atom stereocenters. The summed E-state index contributed by atoms with van der Waals surface area (Å²) in [5.41, 5.74) is -0.0516. The Hall–Kier alpha value is -3.13. The number of phenols is 1. The molecule has 0 saturated heterocycles. The molecule has 0 aliphatic carbocycles. The summed E-state index contributed by atoms with van der Waals surface area (Å²) in [6.45, 7) is 3.52. The van der Waals surface area contributed by atoms with Crippen LogP contribution in [-0.4, -0.2) is 40.0 Å². The van der Waals surface area contributed by atoms with Crippen molar-refractivity contribution in [1.29, 1.82) is 0 Å². The summed E-state index contributed by atoms with van der Waals surface area (Å²) >= 11 is 0. The highest BCUT2D eigenvalue weighted by molar-refractivity contribution is 5.81. The van der Waals surface area contributed by atoms with Gasteiger partial charge in [-0.1, -0.05) is 32.0 Å².